The molecular formula is C14H31IN4O3S. The van der Waals surface area contributed by atoms with Gasteiger partial charge in [0.2, 0.25) is 10.0 Å². The molecular weight excluding hydrogens is 431 g/mol. The second kappa shape index (κ2) is 10.00. The Hall–Kier alpha value is -0.130. The molecule has 0 amide bonds. The van der Waals surface area contributed by atoms with Crippen molar-refractivity contribution in [3.05, 3.63) is 0 Å². The lowest BCUT2D eigenvalue weighted by Crippen LogP contribution is -2.47. The standard InChI is InChI=1S/C14H30N4O3S.HI/c1-14(2,3)12(21-5)11-17-13(15-4)16-7-9-18-8-6-10-22(18,19)20;/h12H,6-11H2,1-5H3,(H2,15,16,17);1H. The van der Waals surface area contributed by atoms with Gasteiger partial charge in [0, 0.05) is 40.3 Å². The van der Waals surface area contributed by atoms with Gasteiger partial charge in [-0.15, -0.1) is 24.0 Å². The Bertz CT molecular complexity index is 477. The van der Waals surface area contributed by atoms with Crippen molar-refractivity contribution in [3.8, 4) is 0 Å². The number of methoxy groups -OCH3 is 1. The van der Waals surface area contributed by atoms with E-state index in [0.717, 1.165) is 6.42 Å². The van der Waals surface area contributed by atoms with Crippen molar-refractivity contribution in [3.63, 3.8) is 0 Å². The van der Waals surface area contributed by atoms with E-state index >= 15 is 0 Å². The van der Waals surface area contributed by atoms with Crippen molar-refractivity contribution >= 4 is 40.0 Å². The zero-order chi connectivity index (χ0) is 16.8. The summed E-state index contributed by atoms with van der Waals surface area (Å²) in [4.78, 5) is 4.15. The fraction of sp³-hybridized carbons (Fsp3) is 0.929. The van der Waals surface area contributed by atoms with E-state index in [1.54, 1.807) is 14.2 Å². The first-order chi connectivity index (χ1) is 10.2. The lowest BCUT2D eigenvalue weighted by Gasteiger charge is -2.30. The number of halogens is 1. The molecule has 1 fully saturated rings. The largest absolute Gasteiger partial charge is 0.379 e. The van der Waals surface area contributed by atoms with E-state index in [9.17, 15) is 8.42 Å². The summed E-state index contributed by atoms with van der Waals surface area (Å²) < 4.78 is 30.4. The smallest absolute Gasteiger partial charge is 0.214 e. The molecule has 0 aliphatic carbocycles. The Morgan fingerprint density at radius 2 is 2.00 bits per heavy atom. The molecule has 0 aromatic carbocycles. The predicted molar refractivity (Wildman–Crippen MR) is 105 cm³/mol. The molecule has 0 aromatic rings. The van der Waals surface area contributed by atoms with Crippen molar-refractivity contribution in [2.75, 3.05) is 46.1 Å². The minimum Gasteiger partial charge on any atom is -0.379 e. The van der Waals surface area contributed by atoms with Crippen molar-refractivity contribution in [2.45, 2.75) is 33.3 Å². The Morgan fingerprint density at radius 3 is 2.43 bits per heavy atom. The summed E-state index contributed by atoms with van der Waals surface area (Å²) >= 11 is 0. The molecule has 1 atom stereocenters. The average molecular weight is 462 g/mol. The van der Waals surface area contributed by atoms with Gasteiger partial charge >= 0.3 is 0 Å². The molecule has 1 heterocycles. The molecule has 23 heavy (non-hydrogen) atoms. The molecule has 7 nitrogen and oxygen atoms in total. The Labute approximate surface area is 157 Å². The van der Waals surface area contributed by atoms with Gasteiger partial charge in [-0.1, -0.05) is 20.8 Å². The van der Waals surface area contributed by atoms with Gasteiger partial charge in [0.25, 0.3) is 0 Å². The van der Waals surface area contributed by atoms with E-state index in [1.807, 2.05) is 0 Å². The number of hydrogen-bond donors (Lipinski definition) is 2. The van der Waals surface area contributed by atoms with Crippen LogP contribution in [0.15, 0.2) is 4.99 Å². The summed E-state index contributed by atoms with van der Waals surface area (Å²) in [6.07, 6.45) is 0.779. The first kappa shape index (κ1) is 22.9. The summed E-state index contributed by atoms with van der Waals surface area (Å²) in [7, 11) is 0.368. The highest BCUT2D eigenvalue weighted by atomic mass is 127. The van der Waals surface area contributed by atoms with Crippen LogP contribution in [0.3, 0.4) is 0 Å². The van der Waals surface area contributed by atoms with Crippen molar-refractivity contribution in [1.29, 1.82) is 0 Å². The molecule has 0 aromatic heterocycles. The molecule has 9 heteroatoms. The Balaban J connectivity index is 0.00000484. The average Bonchev–Trinajstić information content (AvgIpc) is 2.75. The molecule has 2 N–H and O–H groups in total. The molecule has 1 aliphatic heterocycles. The summed E-state index contributed by atoms with van der Waals surface area (Å²) in [5.74, 6) is 0.920. The van der Waals surface area contributed by atoms with Crippen LogP contribution >= 0.6 is 24.0 Å². The van der Waals surface area contributed by atoms with Crippen LogP contribution in [0.5, 0.6) is 0 Å². The second-order valence-electron chi connectivity index (χ2n) is 6.54. The maximum atomic E-state index is 11.7. The number of hydrogen-bond acceptors (Lipinski definition) is 4. The van der Waals surface area contributed by atoms with Gasteiger partial charge in [-0.2, -0.15) is 0 Å². The molecule has 0 saturated carbocycles. The highest BCUT2D eigenvalue weighted by Crippen LogP contribution is 2.20. The molecule has 0 bridgehead atoms. The van der Waals surface area contributed by atoms with Gasteiger partial charge in [-0.05, 0) is 11.8 Å². The lowest BCUT2D eigenvalue weighted by molar-refractivity contribution is 0.0205. The highest BCUT2D eigenvalue weighted by molar-refractivity contribution is 14.0. The van der Waals surface area contributed by atoms with E-state index in [2.05, 4.69) is 36.4 Å². The molecule has 1 unspecified atom stereocenters. The summed E-state index contributed by atoms with van der Waals surface area (Å²) in [6, 6.07) is 0. The van der Waals surface area contributed by atoms with Crippen LogP contribution in [0.2, 0.25) is 0 Å². The number of sulfonamides is 1. The van der Waals surface area contributed by atoms with Gasteiger partial charge in [0.05, 0.1) is 11.9 Å². The summed E-state index contributed by atoms with van der Waals surface area (Å²) in [5, 5.41) is 6.36. The van der Waals surface area contributed by atoms with E-state index in [-0.39, 0.29) is 41.2 Å². The quantitative estimate of drug-likeness (QED) is 0.348. The first-order valence-electron chi connectivity index (χ1n) is 7.66. The van der Waals surface area contributed by atoms with Crippen molar-refractivity contribution in [1.82, 2.24) is 14.9 Å². The van der Waals surface area contributed by atoms with Gasteiger partial charge < -0.3 is 15.4 Å². The molecule has 1 aliphatic rings. The zero-order valence-electron chi connectivity index (χ0n) is 14.8. The van der Waals surface area contributed by atoms with Gasteiger partial charge in [-0.25, -0.2) is 12.7 Å². The van der Waals surface area contributed by atoms with E-state index in [4.69, 9.17) is 4.74 Å². The van der Waals surface area contributed by atoms with Crippen LogP contribution in [-0.4, -0.2) is 70.9 Å². The monoisotopic (exact) mass is 462 g/mol. The van der Waals surface area contributed by atoms with Gasteiger partial charge in [0.1, 0.15) is 0 Å². The Kier molecular flexibility index (Phi) is 9.94. The summed E-state index contributed by atoms with van der Waals surface area (Å²) in [5.41, 5.74) is 0.0320. The molecule has 138 valence electrons. The molecule has 1 saturated heterocycles. The van der Waals surface area contributed by atoms with E-state index in [1.165, 1.54) is 4.31 Å². The van der Waals surface area contributed by atoms with Crippen LogP contribution in [0.1, 0.15) is 27.2 Å². The normalized spacial score (nSPS) is 20.0. The summed E-state index contributed by atoms with van der Waals surface area (Å²) in [6.45, 7) is 8.63. The number of nitrogens with zero attached hydrogens (tertiary/aromatic N) is 2. The molecule has 0 spiro atoms. The van der Waals surface area contributed by atoms with Crippen LogP contribution in [-0.2, 0) is 14.8 Å². The third kappa shape index (κ3) is 7.53. The third-order valence-corrected chi connectivity index (χ3v) is 5.74. The minimum absolute atomic E-state index is 0. The number of nitrogens with one attached hydrogen (secondary N) is 2. The SMILES string of the molecule is CN=C(NCCN1CCCS1(=O)=O)NCC(OC)C(C)(C)C.I. The van der Waals surface area contributed by atoms with Crippen LogP contribution in [0.4, 0.5) is 0 Å². The highest BCUT2D eigenvalue weighted by Gasteiger charge is 2.27. The fourth-order valence-electron chi connectivity index (χ4n) is 2.39. The van der Waals surface area contributed by atoms with Crippen molar-refractivity contribution < 1.29 is 13.2 Å². The lowest BCUT2D eigenvalue weighted by atomic mass is 9.89. The van der Waals surface area contributed by atoms with Gasteiger partial charge in [-0.3, -0.25) is 4.99 Å². The maximum absolute atomic E-state index is 11.7. The zero-order valence-corrected chi connectivity index (χ0v) is 17.9. The number of guanidine groups is 1. The first-order valence-corrected chi connectivity index (χ1v) is 9.27. The number of rotatable bonds is 6. The number of ether oxygens (including phenoxy) is 1. The maximum Gasteiger partial charge on any atom is 0.214 e. The minimum atomic E-state index is -3.03. The van der Waals surface area contributed by atoms with Crippen LogP contribution < -0.4 is 10.6 Å². The van der Waals surface area contributed by atoms with E-state index in [0.29, 0.717) is 32.1 Å². The molecule has 0 radical (unpaired) electrons. The topological polar surface area (TPSA) is 83.0 Å². The van der Waals surface area contributed by atoms with Crippen LogP contribution in [0, 0.1) is 5.41 Å². The third-order valence-electron chi connectivity index (χ3n) is 3.79. The fourth-order valence-corrected chi connectivity index (χ4v) is 3.92. The predicted octanol–water partition coefficient (Wildman–Crippen LogP) is 0.866. The van der Waals surface area contributed by atoms with Crippen LogP contribution in [0.25, 0.3) is 0 Å². The van der Waals surface area contributed by atoms with E-state index < -0.39 is 10.0 Å². The Morgan fingerprint density at radius 1 is 1.35 bits per heavy atom. The van der Waals surface area contributed by atoms with Crippen molar-refractivity contribution in [2.24, 2.45) is 10.4 Å². The van der Waals surface area contributed by atoms with Gasteiger partial charge in [0.15, 0.2) is 5.96 Å². The second-order valence-corrected chi connectivity index (χ2v) is 8.63. The molecule has 1 rings (SSSR count). The number of aliphatic imine (C=N–C) groups is 1.